The van der Waals surface area contributed by atoms with Gasteiger partial charge < -0.3 is 4.74 Å². The molecule has 0 radical (unpaired) electrons. The number of esters is 1. The van der Waals surface area contributed by atoms with Gasteiger partial charge in [-0.05, 0) is 29.4 Å². The van der Waals surface area contributed by atoms with Crippen molar-refractivity contribution in [2.75, 3.05) is 13.7 Å². The molecule has 0 aromatic heterocycles. The highest BCUT2D eigenvalue weighted by molar-refractivity contribution is 7.89. The van der Waals surface area contributed by atoms with Crippen molar-refractivity contribution in [2.24, 2.45) is 5.92 Å². The molecule has 0 amide bonds. The van der Waals surface area contributed by atoms with Gasteiger partial charge >= 0.3 is 5.97 Å². The minimum atomic E-state index is -3.28. The first-order valence-corrected chi connectivity index (χ1v) is 8.32. The van der Waals surface area contributed by atoms with Gasteiger partial charge in [-0.25, -0.2) is 4.67 Å². The van der Waals surface area contributed by atoms with E-state index in [2.05, 4.69) is 13.2 Å². The van der Waals surface area contributed by atoms with Crippen LogP contribution >= 0.6 is 17.9 Å². The number of nitrogens with zero attached hydrogens (tertiary/aromatic N) is 1. The fourth-order valence-corrected chi connectivity index (χ4v) is 3.21. The smallest absolute Gasteiger partial charge is 0.323 e. The molecule has 0 saturated heterocycles. The van der Waals surface area contributed by atoms with Gasteiger partial charge in [0.25, 0.3) is 6.65 Å². The van der Waals surface area contributed by atoms with E-state index in [1.165, 1.54) is 17.6 Å². The molecule has 0 aliphatic heterocycles. The molecule has 0 aliphatic carbocycles. The third kappa shape index (κ3) is 4.97. The molecule has 0 fully saturated rings. The van der Waals surface area contributed by atoms with Crippen LogP contribution in [0, 0.1) is 5.92 Å². The topological polar surface area (TPSA) is 46.6 Å². The molecule has 0 aromatic carbocycles. The number of carbonyl (C=O) groups is 1. The van der Waals surface area contributed by atoms with Crippen molar-refractivity contribution in [1.29, 1.82) is 0 Å². The predicted molar refractivity (Wildman–Crippen MR) is 75.8 cm³/mol. The SMILES string of the molecule is C=CCN([C@@H](CC(C)C)C(=O)OC)[P@@](=O)(Cl)C=C. The fourth-order valence-electron chi connectivity index (χ4n) is 1.59. The van der Waals surface area contributed by atoms with Gasteiger partial charge in [0.05, 0.1) is 7.11 Å². The Balaban J connectivity index is 5.33. The lowest BCUT2D eigenvalue weighted by Crippen LogP contribution is -2.39. The summed E-state index contributed by atoms with van der Waals surface area (Å²) in [5, 5.41) is 0. The van der Waals surface area contributed by atoms with Gasteiger partial charge in [-0.1, -0.05) is 26.5 Å². The minimum Gasteiger partial charge on any atom is -0.468 e. The molecule has 0 bridgehead atoms. The van der Waals surface area contributed by atoms with Crippen LogP contribution in [0.2, 0.25) is 0 Å². The summed E-state index contributed by atoms with van der Waals surface area (Å²) in [5.74, 6) is 0.963. The van der Waals surface area contributed by atoms with Crippen LogP contribution in [0.25, 0.3) is 0 Å². The maximum absolute atomic E-state index is 12.2. The van der Waals surface area contributed by atoms with Gasteiger partial charge in [0, 0.05) is 6.54 Å². The molecule has 0 aromatic rings. The predicted octanol–water partition coefficient (Wildman–Crippen LogP) is 3.64. The van der Waals surface area contributed by atoms with Crippen molar-refractivity contribution in [3.8, 4) is 0 Å². The summed E-state index contributed by atoms with van der Waals surface area (Å²) in [6.07, 6.45) is 2.06. The van der Waals surface area contributed by atoms with Crippen LogP contribution < -0.4 is 0 Å². The van der Waals surface area contributed by atoms with Crippen LogP contribution in [0.4, 0.5) is 0 Å². The van der Waals surface area contributed by atoms with Gasteiger partial charge in [-0.15, -0.1) is 6.58 Å². The number of ether oxygens (including phenoxy) is 1. The average molecular weight is 294 g/mol. The molecule has 0 spiro atoms. The van der Waals surface area contributed by atoms with Crippen molar-refractivity contribution in [2.45, 2.75) is 26.3 Å². The second-order valence-corrected chi connectivity index (χ2v) is 7.73. The van der Waals surface area contributed by atoms with E-state index in [-0.39, 0.29) is 12.5 Å². The summed E-state index contributed by atoms with van der Waals surface area (Å²) in [4.78, 5) is 11.8. The third-order valence-electron chi connectivity index (χ3n) is 2.42. The molecular formula is C12H21ClNO3P. The Labute approximate surface area is 114 Å². The number of hydrogen-bond donors (Lipinski definition) is 0. The second kappa shape index (κ2) is 7.78. The zero-order valence-corrected chi connectivity index (χ0v) is 12.8. The Bertz CT molecular complexity index is 357. The molecule has 2 atom stereocenters. The summed E-state index contributed by atoms with van der Waals surface area (Å²) in [7, 11) is 1.30. The number of hydrogen-bond acceptors (Lipinski definition) is 3. The van der Waals surface area contributed by atoms with Gasteiger partial charge in [-0.2, -0.15) is 0 Å². The van der Waals surface area contributed by atoms with E-state index in [0.717, 1.165) is 0 Å². The molecule has 104 valence electrons. The minimum absolute atomic E-state index is 0.235. The Kier molecular flexibility index (Phi) is 7.53. The van der Waals surface area contributed by atoms with E-state index < -0.39 is 18.7 Å². The number of carbonyl (C=O) groups excluding carboxylic acids is 1. The Morgan fingerprint density at radius 1 is 1.50 bits per heavy atom. The molecule has 18 heavy (non-hydrogen) atoms. The van der Waals surface area contributed by atoms with Crippen LogP contribution in [0.3, 0.4) is 0 Å². The lowest BCUT2D eigenvalue weighted by atomic mass is 10.0. The van der Waals surface area contributed by atoms with Crippen molar-refractivity contribution in [3.05, 3.63) is 25.1 Å². The molecule has 6 heteroatoms. The maximum Gasteiger partial charge on any atom is 0.323 e. The van der Waals surface area contributed by atoms with Crippen LogP contribution in [0.1, 0.15) is 20.3 Å². The van der Waals surface area contributed by atoms with E-state index in [1.54, 1.807) is 6.08 Å². The maximum atomic E-state index is 12.2. The van der Waals surface area contributed by atoms with Crippen molar-refractivity contribution < 1.29 is 14.1 Å². The molecule has 0 heterocycles. The van der Waals surface area contributed by atoms with E-state index in [0.29, 0.717) is 6.42 Å². The van der Waals surface area contributed by atoms with E-state index >= 15 is 0 Å². The Hall–Kier alpha value is -0.570. The molecule has 0 saturated carbocycles. The van der Waals surface area contributed by atoms with E-state index in [4.69, 9.17) is 16.0 Å². The molecule has 0 N–H and O–H groups in total. The molecular weight excluding hydrogens is 273 g/mol. The Morgan fingerprint density at radius 3 is 2.39 bits per heavy atom. The standard InChI is InChI=1S/C12H21ClNO3P/c1-6-8-14(18(13,16)7-2)11(9-10(3)4)12(15)17-5/h6-7,10-11H,1-2,8-9H2,3-5H3/t11-,18-/m0/s1. The first-order valence-electron chi connectivity index (χ1n) is 5.69. The summed E-state index contributed by atoms with van der Waals surface area (Å²) < 4.78 is 18.4. The quantitative estimate of drug-likeness (QED) is 0.389. The van der Waals surface area contributed by atoms with Crippen LogP contribution in [-0.2, 0) is 14.1 Å². The summed E-state index contributed by atoms with van der Waals surface area (Å²) in [6.45, 7) is 7.93. The molecule has 0 unspecified atom stereocenters. The summed E-state index contributed by atoms with van der Waals surface area (Å²) >= 11 is 5.95. The van der Waals surface area contributed by atoms with Crippen LogP contribution in [0.15, 0.2) is 25.1 Å². The summed E-state index contributed by atoms with van der Waals surface area (Å²) in [6, 6.07) is -0.658. The highest BCUT2D eigenvalue weighted by atomic mass is 35.7. The van der Waals surface area contributed by atoms with Crippen molar-refractivity contribution in [3.63, 3.8) is 0 Å². The lowest BCUT2D eigenvalue weighted by Gasteiger charge is -2.31. The molecule has 0 aliphatic rings. The number of halogens is 1. The summed E-state index contributed by atoms with van der Waals surface area (Å²) in [5.41, 5.74) is 0. The van der Waals surface area contributed by atoms with Crippen molar-refractivity contribution in [1.82, 2.24) is 4.67 Å². The normalized spacial score (nSPS) is 16.1. The van der Waals surface area contributed by atoms with E-state index in [9.17, 15) is 9.36 Å². The molecule has 4 nitrogen and oxygen atoms in total. The van der Waals surface area contributed by atoms with Gasteiger partial charge in [0.1, 0.15) is 6.04 Å². The van der Waals surface area contributed by atoms with Crippen LogP contribution in [-0.4, -0.2) is 30.3 Å². The van der Waals surface area contributed by atoms with E-state index in [1.807, 2.05) is 13.8 Å². The fraction of sp³-hybridized carbons (Fsp3) is 0.583. The van der Waals surface area contributed by atoms with Crippen molar-refractivity contribution >= 4 is 23.9 Å². The second-order valence-electron chi connectivity index (χ2n) is 4.31. The zero-order chi connectivity index (χ0) is 14.3. The highest BCUT2D eigenvalue weighted by Crippen LogP contribution is 2.57. The largest absolute Gasteiger partial charge is 0.468 e. The molecule has 0 rings (SSSR count). The first kappa shape index (κ1) is 17.4. The highest BCUT2D eigenvalue weighted by Gasteiger charge is 2.36. The van der Waals surface area contributed by atoms with Crippen LogP contribution in [0.5, 0.6) is 0 Å². The van der Waals surface area contributed by atoms with Gasteiger partial charge in [0.2, 0.25) is 0 Å². The number of methoxy groups -OCH3 is 1. The average Bonchev–Trinajstić information content (AvgIpc) is 2.32. The monoisotopic (exact) mass is 293 g/mol. The lowest BCUT2D eigenvalue weighted by molar-refractivity contribution is -0.145. The van der Waals surface area contributed by atoms with Gasteiger partial charge in [-0.3, -0.25) is 9.36 Å². The Morgan fingerprint density at radius 2 is 2.06 bits per heavy atom. The first-order chi connectivity index (χ1) is 8.30. The van der Waals surface area contributed by atoms with Gasteiger partial charge in [0.15, 0.2) is 0 Å². The zero-order valence-electron chi connectivity index (χ0n) is 11.1. The number of rotatable bonds is 8. The third-order valence-corrected chi connectivity index (χ3v) is 5.01.